The number of hydrogen-bond acceptors (Lipinski definition) is 4. The van der Waals surface area contributed by atoms with Crippen LogP contribution in [-0.2, 0) is 16.0 Å². The Kier molecular flexibility index (Phi) is 4.01. The van der Waals surface area contributed by atoms with Gasteiger partial charge in [0.2, 0.25) is 0 Å². The Morgan fingerprint density at radius 2 is 2.27 bits per heavy atom. The molecule has 0 amide bonds. The van der Waals surface area contributed by atoms with Crippen LogP contribution < -0.4 is 0 Å². The predicted molar refractivity (Wildman–Crippen MR) is 61.5 cm³/mol. The van der Waals surface area contributed by atoms with Gasteiger partial charge < -0.3 is 4.74 Å². The van der Waals surface area contributed by atoms with Crippen LogP contribution in [0.2, 0.25) is 0 Å². The molecule has 15 heavy (non-hydrogen) atoms. The summed E-state index contributed by atoms with van der Waals surface area (Å²) in [7, 11) is 1.28. The zero-order chi connectivity index (χ0) is 11.4. The van der Waals surface area contributed by atoms with E-state index in [0.29, 0.717) is 5.56 Å². The van der Waals surface area contributed by atoms with Crippen molar-refractivity contribution in [1.82, 2.24) is 0 Å². The Morgan fingerprint density at radius 3 is 2.80 bits per heavy atom. The Labute approximate surface area is 99.7 Å². The normalized spacial score (nSPS) is 9.73. The van der Waals surface area contributed by atoms with Gasteiger partial charge in [-0.3, -0.25) is 14.9 Å². The summed E-state index contributed by atoms with van der Waals surface area (Å²) in [5.74, 6) is -0.409. The van der Waals surface area contributed by atoms with E-state index in [-0.39, 0.29) is 12.1 Å². The number of benzene rings is 1. The van der Waals surface area contributed by atoms with E-state index in [4.69, 9.17) is 0 Å². The van der Waals surface area contributed by atoms with Crippen LogP contribution in [0.3, 0.4) is 0 Å². The largest absolute Gasteiger partial charge is 0.469 e. The molecular formula is C9H8INO4. The summed E-state index contributed by atoms with van der Waals surface area (Å²) in [5.41, 5.74) is 0.589. The smallest absolute Gasteiger partial charge is 0.310 e. The second kappa shape index (κ2) is 5.06. The molecule has 0 radical (unpaired) electrons. The van der Waals surface area contributed by atoms with Crippen molar-refractivity contribution in [3.63, 3.8) is 0 Å². The molecule has 0 heterocycles. The molecule has 0 spiro atoms. The first-order valence-electron chi connectivity index (χ1n) is 4.04. The van der Waals surface area contributed by atoms with Gasteiger partial charge in [0, 0.05) is 15.7 Å². The number of hydrogen-bond donors (Lipinski definition) is 0. The maximum Gasteiger partial charge on any atom is 0.310 e. The number of halogens is 1. The molecule has 1 aromatic rings. The molecular weight excluding hydrogens is 313 g/mol. The standard InChI is InChI=1S/C9H8INO4/c1-15-9(12)5-6-4-7(11(13)14)2-3-8(6)10/h2-4H,5H2,1H3. The zero-order valence-electron chi connectivity index (χ0n) is 7.90. The Hall–Kier alpha value is -1.18. The third kappa shape index (κ3) is 3.15. The second-order valence-corrected chi connectivity index (χ2v) is 3.95. The van der Waals surface area contributed by atoms with Crippen LogP contribution >= 0.6 is 22.6 Å². The highest BCUT2D eigenvalue weighted by Gasteiger charge is 2.12. The molecule has 0 aliphatic rings. The molecule has 0 aliphatic heterocycles. The first-order valence-corrected chi connectivity index (χ1v) is 5.12. The molecule has 0 saturated heterocycles. The van der Waals surface area contributed by atoms with Gasteiger partial charge in [0.05, 0.1) is 18.5 Å². The lowest BCUT2D eigenvalue weighted by Gasteiger charge is -2.02. The Bertz CT molecular complexity index is 405. The van der Waals surface area contributed by atoms with Gasteiger partial charge in [-0.25, -0.2) is 0 Å². The fraction of sp³-hybridized carbons (Fsp3) is 0.222. The third-order valence-electron chi connectivity index (χ3n) is 1.80. The number of nitro groups is 1. The van der Waals surface area contributed by atoms with Crippen LogP contribution in [0.1, 0.15) is 5.56 Å². The fourth-order valence-electron chi connectivity index (χ4n) is 1.04. The van der Waals surface area contributed by atoms with Gasteiger partial charge in [0.15, 0.2) is 0 Å². The summed E-state index contributed by atoms with van der Waals surface area (Å²) in [6.07, 6.45) is 0.0520. The molecule has 6 heteroatoms. The average molecular weight is 321 g/mol. The van der Waals surface area contributed by atoms with Gasteiger partial charge in [0.1, 0.15) is 0 Å². The van der Waals surface area contributed by atoms with Crippen molar-refractivity contribution in [1.29, 1.82) is 0 Å². The van der Waals surface area contributed by atoms with Crippen molar-refractivity contribution in [2.75, 3.05) is 7.11 Å². The Balaban J connectivity index is 3.00. The molecule has 0 aliphatic carbocycles. The predicted octanol–water partition coefficient (Wildman–Crippen LogP) is 1.91. The first kappa shape index (κ1) is 11.9. The van der Waals surface area contributed by atoms with Crippen molar-refractivity contribution >= 4 is 34.2 Å². The van der Waals surface area contributed by atoms with E-state index in [1.165, 1.54) is 19.2 Å². The molecule has 0 saturated carbocycles. The maximum atomic E-state index is 11.0. The van der Waals surface area contributed by atoms with Crippen LogP contribution in [0.4, 0.5) is 5.69 Å². The van der Waals surface area contributed by atoms with E-state index < -0.39 is 10.9 Å². The monoisotopic (exact) mass is 321 g/mol. The highest BCUT2D eigenvalue weighted by atomic mass is 127. The van der Waals surface area contributed by atoms with Gasteiger partial charge in [-0.05, 0) is 34.2 Å². The SMILES string of the molecule is COC(=O)Cc1cc([N+](=O)[O-])ccc1I. The van der Waals surface area contributed by atoms with Gasteiger partial charge in [-0.2, -0.15) is 0 Å². The lowest BCUT2D eigenvalue weighted by atomic mass is 10.1. The highest BCUT2D eigenvalue weighted by Crippen LogP contribution is 2.20. The molecule has 0 aromatic heterocycles. The molecule has 1 aromatic carbocycles. The molecule has 0 unspecified atom stereocenters. The summed E-state index contributed by atoms with van der Waals surface area (Å²) < 4.78 is 5.31. The van der Waals surface area contributed by atoms with Crippen LogP contribution in [0.5, 0.6) is 0 Å². The third-order valence-corrected chi connectivity index (χ3v) is 2.85. The number of nitro benzene ring substituents is 1. The van der Waals surface area contributed by atoms with Crippen LogP contribution in [0, 0.1) is 13.7 Å². The molecule has 80 valence electrons. The van der Waals surface area contributed by atoms with Gasteiger partial charge in [-0.15, -0.1) is 0 Å². The van der Waals surface area contributed by atoms with Crippen LogP contribution in [-0.4, -0.2) is 18.0 Å². The number of esters is 1. The lowest BCUT2D eigenvalue weighted by molar-refractivity contribution is -0.384. The highest BCUT2D eigenvalue weighted by molar-refractivity contribution is 14.1. The van der Waals surface area contributed by atoms with E-state index in [0.717, 1.165) is 3.57 Å². The number of ether oxygens (including phenoxy) is 1. The number of non-ortho nitro benzene ring substituents is 1. The molecule has 5 nitrogen and oxygen atoms in total. The second-order valence-electron chi connectivity index (χ2n) is 2.79. The summed E-state index contributed by atoms with van der Waals surface area (Å²) in [6.45, 7) is 0. The van der Waals surface area contributed by atoms with E-state index in [9.17, 15) is 14.9 Å². The summed E-state index contributed by atoms with van der Waals surface area (Å²) in [5, 5.41) is 10.5. The Morgan fingerprint density at radius 1 is 1.60 bits per heavy atom. The van der Waals surface area contributed by atoms with E-state index in [2.05, 4.69) is 4.74 Å². The minimum atomic E-state index is -0.489. The number of methoxy groups -OCH3 is 1. The number of nitrogens with zero attached hydrogens (tertiary/aromatic N) is 1. The quantitative estimate of drug-likeness (QED) is 0.369. The maximum absolute atomic E-state index is 11.0. The zero-order valence-corrected chi connectivity index (χ0v) is 10.1. The number of carbonyl (C=O) groups excluding carboxylic acids is 1. The van der Waals surface area contributed by atoms with Crippen molar-refractivity contribution in [3.8, 4) is 0 Å². The minimum absolute atomic E-state index is 0.0191. The molecule has 0 bridgehead atoms. The van der Waals surface area contributed by atoms with E-state index in [1.807, 2.05) is 22.6 Å². The van der Waals surface area contributed by atoms with Crippen molar-refractivity contribution < 1.29 is 14.5 Å². The van der Waals surface area contributed by atoms with Gasteiger partial charge in [-0.1, -0.05) is 0 Å². The van der Waals surface area contributed by atoms with Gasteiger partial charge >= 0.3 is 5.97 Å². The van der Waals surface area contributed by atoms with Crippen molar-refractivity contribution in [2.24, 2.45) is 0 Å². The minimum Gasteiger partial charge on any atom is -0.469 e. The van der Waals surface area contributed by atoms with Crippen molar-refractivity contribution in [2.45, 2.75) is 6.42 Å². The van der Waals surface area contributed by atoms with E-state index >= 15 is 0 Å². The molecule has 0 N–H and O–H groups in total. The molecule has 1 rings (SSSR count). The fourth-order valence-corrected chi connectivity index (χ4v) is 1.56. The number of carbonyl (C=O) groups is 1. The van der Waals surface area contributed by atoms with Gasteiger partial charge in [0.25, 0.3) is 5.69 Å². The molecule has 0 atom stereocenters. The summed E-state index contributed by atoms with van der Waals surface area (Å²) in [6, 6.07) is 4.40. The summed E-state index contributed by atoms with van der Waals surface area (Å²) in [4.78, 5) is 21.0. The number of rotatable bonds is 3. The lowest BCUT2D eigenvalue weighted by Crippen LogP contribution is -2.06. The topological polar surface area (TPSA) is 69.4 Å². The van der Waals surface area contributed by atoms with Crippen LogP contribution in [0.15, 0.2) is 18.2 Å². The first-order chi connectivity index (χ1) is 7.04. The van der Waals surface area contributed by atoms with E-state index in [1.54, 1.807) is 6.07 Å². The molecule has 0 fully saturated rings. The van der Waals surface area contributed by atoms with Crippen LogP contribution in [0.25, 0.3) is 0 Å². The summed E-state index contributed by atoms with van der Waals surface area (Å²) >= 11 is 2.02. The van der Waals surface area contributed by atoms with Crippen molar-refractivity contribution in [3.05, 3.63) is 37.4 Å². The average Bonchev–Trinajstić information content (AvgIpc) is 2.20.